The Morgan fingerprint density at radius 2 is 2.21 bits per heavy atom. The number of anilines is 2. The maximum absolute atomic E-state index is 9.05. The highest BCUT2D eigenvalue weighted by atomic mass is 16.3. The third kappa shape index (κ3) is 2.64. The summed E-state index contributed by atoms with van der Waals surface area (Å²) < 4.78 is 0. The molecule has 0 spiro atoms. The van der Waals surface area contributed by atoms with Gasteiger partial charge in [-0.15, -0.1) is 0 Å². The standard InChI is InChI=1S/C11H18N2O/c1-3-10(7-14)13-11-6-9(12)5-4-8(11)2/h4-6,10,13-14H,3,7,12H2,1-2H3. The lowest BCUT2D eigenvalue weighted by Crippen LogP contribution is -2.23. The van der Waals surface area contributed by atoms with Crippen LogP contribution in [0.1, 0.15) is 18.9 Å². The Balaban J connectivity index is 2.79. The van der Waals surface area contributed by atoms with Crippen molar-refractivity contribution in [1.82, 2.24) is 0 Å². The number of hydrogen-bond donors (Lipinski definition) is 3. The molecule has 3 heteroatoms. The monoisotopic (exact) mass is 194 g/mol. The SMILES string of the molecule is CCC(CO)Nc1cc(N)ccc1C. The molecule has 4 N–H and O–H groups in total. The Bertz CT molecular complexity index is 295. The number of benzene rings is 1. The summed E-state index contributed by atoms with van der Waals surface area (Å²) in [5, 5.41) is 12.3. The van der Waals surface area contributed by atoms with Crippen LogP contribution in [0.5, 0.6) is 0 Å². The van der Waals surface area contributed by atoms with Crippen molar-refractivity contribution in [3.8, 4) is 0 Å². The van der Waals surface area contributed by atoms with Gasteiger partial charge in [-0.2, -0.15) is 0 Å². The van der Waals surface area contributed by atoms with Gasteiger partial charge in [0.05, 0.1) is 6.61 Å². The van der Waals surface area contributed by atoms with Crippen LogP contribution in [0, 0.1) is 6.92 Å². The normalized spacial score (nSPS) is 12.5. The smallest absolute Gasteiger partial charge is 0.0632 e. The van der Waals surface area contributed by atoms with E-state index in [0.717, 1.165) is 23.4 Å². The van der Waals surface area contributed by atoms with Crippen LogP contribution >= 0.6 is 0 Å². The van der Waals surface area contributed by atoms with Crippen molar-refractivity contribution < 1.29 is 5.11 Å². The molecule has 1 atom stereocenters. The average Bonchev–Trinajstić information content (AvgIpc) is 2.19. The fourth-order valence-corrected chi connectivity index (χ4v) is 1.29. The van der Waals surface area contributed by atoms with E-state index in [-0.39, 0.29) is 12.6 Å². The quantitative estimate of drug-likeness (QED) is 0.640. The number of nitrogens with one attached hydrogen (secondary N) is 1. The van der Waals surface area contributed by atoms with Crippen LogP contribution in [-0.2, 0) is 0 Å². The second kappa shape index (κ2) is 4.86. The van der Waals surface area contributed by atoms with Crippen molar-refractivity contribution in [3.63, 3.8) is 0 Å². The van der Waals surface area contributed by atoms with E-state index in [4.69, 9.17) is 10.8 Å². The Kier molecular flexibility index (Phi) is 3.77. The van der Waals surface area contributed by atoms with E-state index >= 15 is 0 Å². The van der Waals surface area contributed by atoms with Gasteiger partial charge in [0.15, 0.2) is 0 Å². The maximum Gasteiger partial charge on any atom is 0.0632 e. The number of aliphatic hydroxyl groups excluding tert-OH is 1. The molecule has 0 amide bonds. The van der Waals surface area contributed by atoms with E-state index < -0.39 is 0 Å². The fraction of sp³-hybridized carbons (Fsp3) is 0.455. The molecule has 0 heterocycles. The fourth-order valence-electron chi connectivity index (χ4n) is 1.29. The molecule has 0 fully saturated rings. The second-order valence-corrected chi connectivity index (χ2v) is 3.51. The molecule has 1 rings (SSSR count). The number of hydrogen-bond acceptors (Lipinski definition) is 3. The van der Waals surface area contributed by atoms with E-state index in [9.17, 15) is 0 Å². The van der Waals surface area contributed by atoms with Gasteiger partial charge in [-0.05, 0) is 31.0 Å². The molecule has 0 saturated carbocycles. The van der Waals surface area contributed by atoms with Gasteiger partial charge in [0.2, 0.25) is 0 Å². The Morgan fingerprint density at radius 1 is 1.50 bits per heavy atom. The molecule has 1 aromatic carbocycles. The first-order valence-electron chi connectivity index (χ1n) is 4.91. The van der Waals surface area contributed by atoms with Crippen molar-refractivity contribution in [2.24, 2.45) is 0 Å². The van der Waals surface area contributed by atoms with Crippen LogP contribution in [0.3, 0.4) is 0 Å². The van der Waals surface area contributed by atoms with Gasteiger partial charge in [-0.3, -0.25) is 0 Å². The number of aryl methyl sites for hydroxylation is 1. The number of nitrogen functional groups attached to an aromatic ring is 1. The third-order valence-corrected chi connectivity index (χ3v) is 2.33. The average molecular weight is 194 g/mol. The zero-order chi connectivity index (χ0) is 10.6. The zero-order valence-electron chi connectivity index (χ0n) is 8.75. The van der Waals surface area contributed by atoms with E-state index in [0.29, 0.717) is 0 Å². The summed E-state index contributed by atoms with van der Waals surface area (Å²) in [6.07, 6.45) is 0.894. The first kappa shape index (κ1) is 10.9. The highest BCUT2D eigenvalue weighted by Gasteiger charge is 2.05. The molecular formula is C11H18N2O. The van der Waals surface area contributed by atoms with Crippen LogP contribution in [-0.4, -0.2) is 17.8 Å². The van der Waals surface area contributed by atoms with Gasteiger partial charge < -0.3 is 16.2 Å². The van der Waals surface area contributed by atoms with Gasteiger partial charge in [-0.1, -0.05) is 13.0 Å². The molecule has 0 aliphatic heterocycles. The molecule has 0 aliphatic rings. The van der Waals surface area contributed by atoms with E-state index in [1.165, 1.54) is 0 Å². The third-order valence-electron chi connectivity index (χ3n) is 2.33. The topological polar surface area (TPSA) is 58.3 Å². The first-order chi connectivity index (χ1) is 6.67. The van der Waals surface area contributed by atoms with Gasteiger partial charge in [0, 0.05) is 17.4 Å². The number of rotatable bonds is 4. The summed E-state index contributed by atoms with van der Waals surface area (Å²) in [6, 6.07) is 5.85. The zero-order valence-corrected chi connectivity index (χ0v) is 8.75. The maximum atomic E-state index is 9.05. The van der Waals surface area contributed by atoms with Gasteiger partial charge >= 0.3 is 0 Å². The van der Waals surface area contributed by atoms with Crippen LogP contribution in [0.2, 0.25) is 0 Å². The summed E-state index contributed by atoms with van der Waals surface area (Å²) in [5.41, 5.74) is 8.58. The molecule has 78 valence electrons. The molecule has 3 nitrogen and oxygen atoms in total. The number of aliphatic hydroxyl groups is 1. The van der Waals surface area contributed by atoms with Gasteiger partial charge in [0.25, 0.3) is 0 Å². The lowest BCUT2D eigenvalue weighted by Gasteiger charge is -2.17. The lowest BCUT2D eigenvalue weighted by molar-refractivity contribution is 0.272. The van der Waals surface area contributed by atoms with E-state index in [1.54, 1.807) is 0 Å². The largest absolute Gasteiger partial charge is 0.399 e. The predicted molar refractivity (Wildman–Crippen MR) is 60.4 cm³/mol. The molecular weight excluding hydrogens is 176 g/mol. The van der Waals surface area contributed by atoms with Crippen molar-refractivity contribution >= 4 is 11.4 Å². The minimum atomic E-state index is 0.107. The molecule has 0 aliphatic carbocycles. The minimum Gasteiger partial charge on any atom is -0.399 e. The van der Waals surface area contributed by atoms with E-state index in [2.05, 4.69) is 5.32 Å². The summed E-state index contributed by atoms with van der Waals surface area (Å²) >= 11 is 0. The van der Waals surface area contributed by atoms with Crippen molar-refractivity contribution in [1.29, 1.82) is 0 Å². The van der Waals surface area contributed by atoms with E-state index in [1.807, 2.05) is 32.0 Å². The molecule has 0 bridgehead atoms. The Morgan fingerprint density at radius 3 is 2.79 bits per heavy atom. The van der Waals surface area contributed by atoms with Crippen LogP contribution < -0.4 is 11.1 Å². The molecule has 0 aromatic heterocycles. The van der Waals surface area contributed by atoms with Crippen LogP contribution in [0.25, 0.3) is 0 Å². The van der Waals surface area contributed by atoms with Crippen molar-refractivity contribution in [2.45, 2.75) is 26.3 Å². The van der Waals surface area contributed by atoms with Crippen molar-refractivity contribution in [3.05, 3.63) is 23.8 Å². The number of nitrogens with two attached hydrogens (primary N) is 1. The lowest BCUT2D eigenvalue weighted by atomic mass is 10.1. The highest BCUT2D eigenvalue weighted by molar-refractivity contribution is 5.59. The van der Waals surface area contributed by atoms with Gasteiger partial charge in [-0.25, -0.2) is 0 Å². The molecule has 1 aromatic rings. The minimum absolute atomic E-state index is 0.107. The van der Waals surface area contributed by atoms with Crippen LogP contribution in [0.4, 0.5) is 11.4 Å². The second-order valence-electron chi connectivity index (χ2n) is 3.51. The molecule has 14 heavy (non-hydrogen) atoms. The van der Waals surface area contributed by atoms with Crippen LogP contribution in [0.15, 0.2) is 18.2 Å². The Labute approximate surface area is 84.9 Å². The molecule has 1 unspecified atom stereocenters. The molecule has 0 radical (unpaired) electrons. The summed E-state index contributed by atoms with van der Waals surface area (Å²) in [6.45, 7) is 4.20. The van der Waals surface area contributed by atoms with Gasteiger partial charge in [0.1, 0.15) is 0 Å². The molecule has 0 saturated heterocycles. The predicted octanol–water partition coefficient (Wildman–Crippen LogP) is 1.76. The summed E-state index contributed by atoms with van der Waals surface area (Å²) in [5.74, 6) is 0. The van der Waals surface area contributed by atoms with Crippen molar-refractivity contribution in [2.75, 3.05) is 17.7 Å². The highest BCUT2D eigenvalue weighted by Crippen LogP contribution is 2.19. The summed E-state index contributed by atoms with van der Waals surface area (Å²) in [4.78, 5) is 0. The first-order valence-corrected chi connectivity index (χ1v) is 4.91. The summed E-state index contributed by atoms with van der Waals surface area (Å²) in [7, 11) is 0. The Hall–Kier alpha value is -1.22.